The lowest BCUT2D eigenvalue weighted by molar-refractivity contribution is -0.123. The van der Waals surface area contributed by atoms with Gasteiger partial charge in [-0.25, -0.2) is 4.52 Å². The topological polar surface area (TPSA) is 95.8 Å². The second-order valence-corrected chi connectivity index (χ2v) is 10.7. The molecule has 32 heavy (non-hydrogen) atoms. The van der Waals surface area contributed by atoms with Gasteiger partial charge in [0.15, 0.2) is 5.69 Å². The lowest BCUT2D eigenvalue weighted by Crippen LogP contribution is -2.50. The maximum absolute atomic E-state index is 13.2. The first-order chi connectivity index (χ1) is 15.4. The molecule has 1 spiro atoms. The molecule has 2 bridgehead atoms. The van der Waals surface area contributed by atoms with Crippen LogP contribution in [0.25, 0.3) is 5.52 Å². The number of rotatable bonds is 4. The van der Waals surface area contributed by atoms with Crippen molar-refractivity contribution in [2.45, 2.75) is 39.0 Å². The van der Waals surface area contributed by atoms with E-state index in [4.69, 9.17) is 0 Å². The summed E-state index contributed by atoms with van der Waals surface area (Å²) in [6.07, 6.45) is 8.19. The number of amides is 3. The van der Waals surface area contributed by atoms with Crippen LogP contribution in [0.2, 0.25) is 0 Å². The van der Waals surface area contributed by atoms with Crippen molar-refractivity contribution >= 4 is 23.2 Å². The molecule has 1 saturated heterocycles. The van der Waals surface area contributed by atoms with Crippen molar-refractivity contribution in [3.8, 4) is 0 Å². The average Bonchev–Trinajstić information content (AvgIpc) is 3.11. The van der Waals surface area contributed by atoms with Crippen molar-refractivity contribution in [3.05, 3.63) is 35.7 Å². The van der Waals surface area contributed by atoms with Crippen molar-refractivity contribution in [2.75, 3.05) is 26.2 Å². The van der Waals surface area contributed by atoms with Crippen LogP contribution in [-0.4, -0.2) is 58.4 Å². The molecule has 0 radical (unpaired) electrons. The number of nitrogens with one attached hydrogen (secondary N) is 2. The van der Waals surface area contributed by atoms with E-state index in [0.29, 0.717) is 29.6 Å². The Morgan fingerprint density at radius 3 is 3.00 bits per heavy atom. The molecule has 4 aliphatic rings. The summed E-state index contributed by atoms with van der Waals surface area (Å²) in [5, 5.41) is 10.3. The summed E-state index contributed by atoms with van der Waals surface area (Å²) in [5.74, 6) is 1.02. The lowest BCUT2D eigenvalue weighted by Gasteiger charge is -2.40. The fourth-order valence-corrected chi connectivity index (χ4v) is 7.12. The summed E-state index contributed by atoms with van der Waals surface area (Å²) in [5.41, 5.74) is 2.20. The van der Waals surface area contributed by atoms with Gasteiger partial charge >= 0.3 is 0 Å². The molecule has 1 aliphatic heterocycles. The van der Waals surface area contributed by atoms with Crippen LogP contribution in [0, 0.1) is 22.7 Å². The molecule has 3 amide bonds. The molecule has 6 rings (SSSR count). The number of carbonyl (C=O) groups is 3. The predicted molar refractivity (Wildman–Crippen MR) is 117 cm³/mol. The third-order valence-electron chi connectivity index (χ3n) is 8.22. The molecule has 3 saturated carbocycles. The Balaban J connectivity index is 1.20. The number of hydrogen-bond donors (Lipinski definition) is 2. The van der Waals surface area contributed by atoms with Gasteiger partial charge in [-0.15, -0.1) is 0 Å². The van der Waals surface area contributed by atoms with Crippen molar-refractivity contribution in [2.24, 2.45) is 22.7 Å². The summed E-state index contributed by atoms with van der Waals surface area (Å²) < 4.78 is 1.58. The highest BCUT2D eigenvalue weighted by molar-refractivity contribution is 6.03. The Hall–Kier alpha value is -2.90. The summed E-state index contributed by atoms with van der Waals surface area (Å²) in [7, 11) is 0. The van der Waals surface area contributed by atoms with Gasteiger partial charge < -0.3 is 15.5 Å². The minimum Gasteiger partial charge on any atom is -0.353 e. The molecule has 2 aromatic rings. The highest BCUT2D eigenvalue weighted by Crippen LogP contribution is 2.75. The molecular formula is C24H29N5O3. The van der Waals surface area contributed by atoms with Gasteiger partial charge in [-0.05, 0) is 73.0 Å². The second-order valence-electron chi connectivity index (χ2n) is 10.7. The Bertz CT molecular complexity index is 1140. The van der Waals surface area contributed by atoms with Crippen LogP contribution in [0.1, 0.15) is 59.9 Å². The molecule has 3 heterocycles. The SMILES string of the molecule is CC1CC2(CNC(=O)c3cccn4nc(C(=O)N5CCNC(=O)C5)cc34)CC3CC3(C1)C2. The molecule has 0 aromatic carbocycles. The van der Waals surface area contributed by atoms with E-state index in [1.807, 2.05) is 0 Å². The molecule has 4 atom stereocenters. The van der Waals surface area contributed by atoms with Crippen molar-refractivity contribution in [1.29, 1.82) is 0 Å². The highest BCUT2D eigenvalue weighted by Gasteiger charge is 2.67. The number of carbonyl (C=O) groups excluding carboxylic acids is 3. The fourth-order valence-electron chi connectivity index (χ4n) is 7.12. The quantitative estimate of drug-likeness (QED) is 0.766. The fraction of sp³-hybridized carbons (Fsp3) is 0.583. The molecule has 4 unspecified atom stereocenters. The van der Waals surface area contributed by atoms with Crippen LogP contribution in [0.5, 0.6) is 0 Å². The Morgan fingerprint density at radius 2 is 2.16 bits per heavy atom. The van der Waals surface area contributed by atoms with E-state index in [2.05, 4.69) is 22.7 Å². The zero-order chi connectivity index (χ0) is 22.1. The first-order valence-electron chi connectivity index (χ1n) is 11.7. The van der Waals surface area contributed by atoms with Gasteiger partial charge in [0, 0.05) is 25.8 Å². The monoisotopic (exact) mass is 435 g/mol. The molecule has 8 heteroatoms. The van der Waals surface area contributed by atoms with Gasteiger partial charge in [0.1, 0.15) is 0 Å². The first kappa shape index (κ1) is 19.8. The molecule has 2 aromatic heterocycles. The standard InChI is InChI=1S/C24H29N5O3/c1-15-8-23(10-16-11-24(16,9-15)13-23)14-26-21(31)17-3-2-5-29-19(17)7-18(27-29)22(32)28-6-4-25-20(30)12-28/h2-3,5,7,15-16H,4,6,8-14H2,1H3,(H,25,30)(H,26,31). The van der Waals surface area contributed by atoms with Crippen LogP contribution in [0.3, 0.4) is 0 Å². The van der Waals surface area contributed by atoms with Crippen LogP contribution in [-0.2, 0) is 4.79 Å². The molecular weight excluding hydrogens is 406 g/mol. The normalized spacial score (nSPS) is 33.0. The van der Waals surface area contributed by atoms with Crippen LogP contribution < -0.4 is 10.6 Å². The number of aromatic nitrogens is 2. The maximum Gasteiger partial charge on any atom is 0.274 e. The smallest absolute Gasteiger partial charge is 0.274 e. The van der Waals surface area contributed by atoms with Gasteiger partial charge in [0.2, 0.25) is 5.91 Å². The van der Waals surface area contributed by atoms with E-state index < -0.39 is 0 Å². The van der Waals surface area contributed by atoms with Gasteiger partial charge in [-0.3, -0.25) is 14.4 Å². The number of piperazine rings is 1. The summed E-state index contributed by atoms with van der Waals surface area (Å²) in [6.45, 7) is 4.00. The minimum atomic E-state index is -0.291. The average molecular weight is 436 g/mol. The molecule has 3 aliphatic carbocycles. The van der Waals surface area contributed by atoms with Gasteiger partial charge in [-0.2, -0.15) is 5.10 Å². The van der Waals surface area contributed by atoms with Crippen molar-refractivity contribution < 1.29 is 14.4 Å². The van der Waals surface area contributed by atoms with Crippen LogP contribution >= 0.6 is 0 Å². The van der Waals surface area contributed by atoms with Gasteiger partial charge in [0.05, 0.1) is 17.6 Å². The summed E-state index contributed by atoms with van der Waals surface area (Å²) in [6, 6.07) is 5.21. The van der Waals surface area contributed by atoms with Gasteiger partial charge in [-0.1, -0.05) is 6.92 Å². The van der Waals surface area contributed by atoms with Gasteiger partial charge in [0.25, 0.3) is 11.8 Å². The predicted octanol–water partition coefficient (Wildman–Crippen LogP) is 1.85. The maximum atomic E-state index is 13.2. The third kappa shape index (κ3) is 3.11. The number of nitrogens with zero attached hydrogens (tertiary/aromatic N) is 3. The molecule has 168 valence electrons. The Morgan fingerprint density at radius 1 is 1.28 bits per heavy atom. The molecule has 8 nitrogen and oxygen atoms in total. The molecule has 2 N–H and O–H groups in total. The number of hydrogen-bond acceptors (Lipinski definition) is 4. The highest BCUT2D eigenvalue weighted by atomic mass is 16.2. The van der Waals surface area contributed by atoms with E-state index >= 15 is 0 Å². The van der Waals surface area contributed by atoms with E-state index in [1.165, 1.54) is 37.0 Å². The lowest BCUT2D eigenvalue weighted by atomic mass is 9.67. The van der Waals surface area contributed by atoms with Crippen LogP contribution in [0.4, 0.5) is 0 Å². The van der Waals surface area contributed by atoms with Crippen LogP contribution in [0.15, 0.2) is 24.4 Å². The van der Waals surface area contributed by atoms with E-state index in [-0.39, 0.29) is 35.4 Å². The Labute approximate surface area is 186 Å². The zero-order valence-electron chi connectivity index (χ0n) is 18.4. The zero-order valence-corrected chi connectivity index (χ0v) is 18.4. The summed E-state index contributed by atoms with van der Waals surface area (Å²) in [4.78, 5) is 39.1. The first-order valence-corrected chi connectivity index (χ1v) is 11.7. The minimum absolute atomic E-state index is 0.0308. The molecule has 4 fully saturated rings. The number of fused-ring (bicyclic) bond motifs is 2. The Kier molecular flexibility index (Phi) is 4.20. The van der Waals surface area contributed by atoms with Crippen molar-refractivity contribution in [3.63, 3.8) is 0 Å². The number of pyridine rings is 1. The third-order valence-corrected chi connectivity index (χ3v) is 8.22. The summed E-state index contributed by atoms with van der Waals surface area (Å²) >= 11 is 0. The van der Waals surface area contributed by atoms with Crippen molar-refractivity contribution in [1.82, 2.24) is 25.1 Å². The van der Waals surface area contributed by atoms with E-state index in [0.717, 1.165) is 18.4 Å². The second kappa shape index (κ2) is 6.80. The van der Waals surface area contributed by atoms with E-state index in [9.17, 15) is 14.4 Å². The van der Waals surface area contributed by atoms with E-state index in [1.54, 1.807) is 28.9 Å². The largest absolute Gasteiger partial charge is 0.353 e.